The highest BCUT2D eigenvalue weighted by atomic mass is 16.6. The summed E-state index contributed by atoms with van der Waals surface area (Å²) in [5.74, 6) is 0.651. The molecule has 1 aliphatic rings. The summed E-state index contributed by atoms with van der Waals surface area (Å²) in [7, 11) is 0. The average Bonchev–Trinajstić information content (AvgIpc) is 3.33. The molecule has 0 aromatic heterocycles. The van der Waals surface area contributed by atoms with Crippen LogP contribution in [0.25, 0.3) is 0 Å². The molecule has 1 saturated heterocycles. The summed E-state index contributed by atoms with van der Waals surface area (Å²) in [5, 5.41) is 2.92. The number of epoxide rings is 1. The first kappa shape index (κ1) is 13.6. The third-order valence-electron chi connectivity index (χ3n) is 3.40. The van der Waals surface area contributed by atoms with E-state index in [9.17, 15) is 4.79 Å². The topological polar surface area (TPSA) is 50.9 Å². The molecule has 1 N–H and O–H groups in total. The Bertz CT molecular complexity index is 636. The van der Waals surface area contributed by atoms with E-state index >= 15 is 0 Å². The van der Waals surface area contributed by atoms with E-state index in [1.54, 1.807) is 12.1 Å². The van der Waals surface area contributed by atoms with Crippen molar-refractivity contribution < 1.29 is 14.3 Å². The lowest BCUT2D eigenvalue weighted by molar-refractivity contribution is 0.102. The van der Waals surface area contributed by atoms with Gasteiger partial charge >= 0.3 is 0 Å². The van der Waals surface area contributed by atoms with Gasteiger partial charge in [-0.2, -0.15) is 0 Å². The first-order valence-corrected chi connectivity index (χ1v) is 6.94. The Morgan fingerprint density at radius 1 is 1.24 bits per heavy atom. The van der Waals surface area contributed by atoms with Crippen molar-refractivity contribution in [1.82, 2.24) is 0 Å². The van der Waals surface area contributed by atoms with Crippen LogP contribution in [0, 0.1) is 6.92 Å². The lowest BCUT2D eigenvalue weighted by Crippen LogP contribution is -2.13. The zero-order valence-corrected chi connectivity index (χ0v) is 11.8. The second kappa shape index (κ2) is 5.97. The molecular weight excluding hydrogens is 266 g/mol. The van der Waals surface area contributed by atoms with E-state index in [0.29, 0.717) is 12.2 Å². The molecule has 1 fully saturated rings. The van der Waals surface area contributed by atoms with Crippen LogP contribution < -0.4 is 10.1 Å². The van der Waals surface area contributed by atoms with Crippen molar-refractivity contribution >= 4 is 11.6 Å². The number of hydrogen-bond acceptors (Lipinski definition) is 3. The molecule has 4 nitrogen and oxygen atoms in total. The van der Waals surface area contributed by atoms with E-state index in [2.05, 4.69) is 5.32 Å². The largest absolute Gasteiger partial charge is 0.490 e. The molecule has 0 spiro atoms. The number of anilines is 1. The number of hydrogen-bond donors (Lipinski definition) is 1. The number of benzene rings is 2. The van der Waals surface area contributed by atoms with Crippen molar-refractivity contribution in [2.24, 2.45) is 0 Å². The van der Waals surface area contributed by atoms with Crippen molar-refractivity contribution in [3.63, 3.8) is 0 Å². The van der Waals surface area contributed by atoms with Gasteiger partial charge in [-0.3, -0.25) is 4.79 Å². The predicted molar refractivity (Wildman–Crippen MR) is 80.8 cm³/mol. The van der Waals surface area contributed by atoms with Gasteiger partial charge in [0.05, 0.1) is 6.61 Å². The van der Waals surface area contributed by atoms with Gasteiger partial charge in [-0.15, -0.1) is 0 Å². The SMILES string of the molecule is Cc1c(NC(=O)c2ccccc2)cccc1OCC1CO1. The van der Waals surface area contributed by atoms with Crippen molar-refractivity contribution in [2.45, 2.75) is 13.0 Å². The monoisotopic (exact) mass is 283 g/mol. The summed E-state index contributed by atoms with van der Waals surface area (Å²) in [5.41, 5.74) is 2.31. The van der Waals surface area contributed by atoms with Crippen molar-refractivity contribution in [1.29, 1.82) is 0 Å². The van der Waals surface area contributed by atoms with Crippen molar-refractivity contribution in [3.8, 4) is 5.75 Å². The molecule has 1 unspecified atom stereocenters. The number of amides is 1. The van der Waals surface area contributed by atoms with Crippen LogP contribution in [0.2, 0.25) is 0 Å². The van der Waals surface area contributed by atoms with E-state index in [1.165, 1.54) is 0 Å². The fourth-order valence-corrected chi connectivity index (χ4v) is 2.04. The number of nitrogens with one attached hydrogen (secondary N) is 1. The number of carbonyl (C=O) groups is 1. The third-order valence-corrected chi connectivity index (χ3v) is 3.40. The summed E-state index contributed by atoms with van der Waals surface area (Å²) < 4.78 is 10.8. The maximum absolute atomic E-state index is 12.2. The Morgan fingerprint density at radius 3 is 2.71 bits per heavy atom. The Kier molecular flexibility index (Phi) is 3.88. The van der Waals surface area contributed by atoms with Crippen LogP contribution in [0.1, 0.15) is 15.9 Å². The molecular formula is C17H17NO3. The van der Waals surface area contributed by atoms with Crippen LogP contribution in [0.5, 0.6) is 5.75 Å². The minimum absolute atomic E-state index is 0.124. The van der Waals surface area contributed by atoms with Crippen LogP contribution in [0.15, 0.2) is 48.5 Å². The van der Waals surface area contributed by atoms with Gasteiger partial charge in [0, 0.05) is 16.8 Å². The molecule has 108 valence electrons. The van der Waals surface area contributed by atoms with Crippen LogP contribution >= 0.6 is 0 Å². The highest BCUT2D eigenvalue weighted by Crippen LogP contribution is 2.26. The summed E-state index contributed by atoms with van der Waals surface area (Å²) in [6.45, 7) is 3.25. The van der Waals surface area contributed by atoms with Gasteiger partial charge < -0.3 is 14.8 Å². The number of carbonyl (C=O) groups excluding carboxylic acids is 1. The Hall–Kier alpha value is -2.33. The molecule has 0 saturated carbocycles. The van der Waals surface area contributed by atoms with Crippen LogP contribution in [-0.4, -0.2) is 25.2 Å². The van der Waals surface area contributed by atoms with E-state index in [1.807, 2.05) is 43.3 Å². The minimum atomic E-state index is -0.124. The fraction of sp³-hybridized carbons (Fsp3) is 0.235. The first-order chi connectivity index (χ1) is 10.2. The molecule has 1 amide bonds. The van der Waals surface area contributed by atoms with Gasteiger partial charge in [-0.1, -0.05) is 24.3 Å². The molecule has 0 bridgehead atoms. The zero-order valence-electron chi connectivity index (χ0n) is 11.8. The van der Waals surface area contributed by atoms with E-state index in [4.69, 9.17) is 9.47 Å². The second-order valence-corrected chi connectivity index (χ2v) is 5.02. The summed E-state index contributed by atoms with van der Waals surface area (Å²) in [6, 6.07) is 14.8. The molecule has 21 heavy (non-hydrogen) atoms. The lowest BCUT2D eigenvalue weighted by atomic mass is 10.1. The zero-order chi connectivity index (χ0) is 14.7. The Labute approximate surface area is 123 Å². The van der Waals surface area contributed by atoms with Crippen LogP contribution in [0.3, 0.4) is 0 Å². The van der Waals surface area contributed by atoms with Crippen LogP contribution in [0.4, 0.5) is 5.69 Å². The smallest absolute Gasteiger partial charge is 0.255 e. The van der Waals surface area contributed by atoms with Crippen molar-refractivity contribution in [3.05, 3.63) is 59.7 Å². The highest BCUT2D eigenvalue weighted by Gasteiger charge is 2.23. The van der Waals surface area contributed by atoms with E-state index < -0.39 is 0 Å². The second-order valence-electron chi connectivity index (χ2n) is 5.02. The quantitative estimate of drug-likeness (QED) is 0.858. The first-order valence-electron chi connectivity index (χ1n) is 6.94. The third kappa shape index (κ3) is 3.41. The van der Waals surface area contributed by atoms with E-state index in [0.717, 1.165) is 23.6 Å². The summed E-state index contributed by atoms with van der Waals surface area (Å²) >= 11 is 0. The predicted octanol–water partition coefficient (Wildman–Crippen LogP) is 3.02. The number of rotatable bonds is 5. The minimum Gasteiger partial charge on any atom is -0.490 e. The normalized spacial score (nSPS) is 16.3. The maximum Gasteiger partial charge on any atom is 0.255 e. The van der Waals surface area contributed by atoms with Gasteiger partial charge in [0.2, 0.25) is 0 Å². The fourth-order valence-electron chi connectivity index (χ4n) is 2.04. The lowest BCUT2D eigenvalue weighted by Gasteiger charge is -2.13. The molecule has 1 atom stereocenters. The molecule has 2 aromatic rings. The average molecular weight is 283 g/mol. The molecule has 0 radical (unpaired) electrons. The summed E-state index contributed by atoms with van der Waals surface area (Å²) in [6.07, 6.45) is 0.215. The highest BCUT2D eigenvalue weighted by molar-refractivity contribution is 6.04. The Balaban J connectivity index is 1.72. The van der Waals surface area contributed by atoms with Gasteiger partial charge in [0.25, 0.3) is 5.91 Å². The van der Waals surface area contributed by atoms with E-state index in [-0.39, 0.29) is 12.0 Å². The molecule has 2 aromatic carbocycles. The molecule has 0 aliphatic carbocycles. The number of ether oxygens (including phenoxy) is 2. The molecule has 3 rings (SSSR count). The van der Waals surface area contributed by atoms with Gasteiger partial charge in [-0.25, -0.2) is 0 Å². The van der Waals surface area contributed by atoms with Crippen LogP contribution in [-0.2, 0) is 4.74 Å². The summed E-state index contributed by atoms with van der Waals surface area (Å²) in [4.78, 5) is 12.2. The molecule has 1 aliphatic heterocycles. The van der Waals surface area contributed by atoms with Gasteiger partial charge in [-0.05, 0) is 31.2 Å². The molecule has 1 heterocycles. The maximum atomic E-state index is 12.2. The van der Waals surface area contributed by atoms with Gasteiger partial charge in [0.15, 0.2) is 0 Å². The van der Waals surface area contributed by atoms with Gasteiger partial charge in [0.1, 0.15) is 18.5 Å². The molecule has 4 heteroatoms. The Morgan fingerprint density at radius 2 is 2.00 bits per heavy atom. The standard InChI is InChI=1S/C17H17NO3/c1-12-15(18-17(19)13-6-3-2-4-7-13)8-5-9-16(12)21-11-14-10-20-14/h2-9,14H,10-11H2,1H3,(H,18,19). The van der Waals surface area contributed by atoms with Crippen molar-refractivity contribution in [2.75, 3.05) is 18.5 Å².